The lowest BCUT2D eigenvalue weighted by Crippen LogP contribution is -2.25. The van der Waals surface area contributed by atoms with Crippen molar-refractivity contribution in [2.45, 2.75) is 26.2 Å². The second-order valence-electron chi connectivity index (χ2n) is 6.36. The van der Waals surface area contributed by atoms with Crippen molar-refractivity contribution in [3.8, 4) is 5.75 Å². The van der Waals surface area contributed by atoms with Gasteiger partial charge >= 0.3 is 0 Å². The summed E-state index contributed by atoms with van der Waals surface area (Å²) in [5, 5.41) is 2.85. The van der Waals surface area contributed by atoms with Crippen LogP contribution in [0.5, 0.6) is 5.75 Å². The van der Waals surface area contributed by atoms with Crippen LogP contribution in [0.15, 0.2) is 59.2 Å². The maximum Gasteiger partial charge on any atom is 0.275 e. The number of amidine groups is 1. The van der Waals surface area contributed by atoms with Gasteiger partial charge in [0.15, 0.2) is 0 Å². The minimum absolute atomic E-state index is 0.178. The van der Waals surface area contributed by atoms with Gasteiger partial charge in [0.05, 0.1) is 7.11 Å². The molecule has 4 heteroatoms. The fourth-order valence-electron chi connectivity index (χ4n) is 2.76. The zero-order valence-corrected chi connectivity index (χ0v) is 14.7. The number of carbonyl (C=O) groups is 1. The number of benzene rings is 2. The number of hydrogen-bond acceptors (Lipinski definition) is 3. The Morgan fingerprint density at radius 2 is 1.92 bits per heavy atom. The van der Waals surface area contributed by atoms with Crippen LogP contribution in [0.3, 0.4) is 0 Å². The number of carbonyl (C=O) groups excluding carboxylic acids is 1. The molecule has 0 atom stereocenters. The number of rotatable bonds is 5. The Balaban J connectivity index is 1.90. The van der Waals surface area contributed by atoms with Gasteiger partial charge in [-0.15, -0.1) is 0 Å². The van der Waals surface area contributed by atoms with Gasteiger partial charge in [-0.25, -0.2) is 4.99 Å². The number of ether oxygens (including phenoxy) is 1. The molecule has 0 saturated carbocycles. The number of nitrogens with one attached hydrogen (secondary N) is 1. The quantitative estimate of drug-likeness (QED) is 0.842. The summed E-state index contributed by atoms with van der Waals surface area (Å²) in [5.41, 5.74) is 3.58. The summed E-state index contributed by atoms with van der Waals surface area (Å²) < 4.78 is 5.42. The first-order valence-corrected chi connectivity index (χ1v) is 8.39. The predicted molar refractivity (Wildman–Crippen MR) is 101 cm³/mol. The Kier molecular flexibility index (Phi) is 4.98. The van der Waals surface area contributed by atoms with Crippen molar-refractivity contribution in [3.63, 3.8) is 0 Å². The monoisotopic (exact) mass is 334 g/mol. The molecule has 0 fully saturated rings. The van der Waals surface area contributed by atoms with Crippen LogP contribution in [-0.2, 0) is 11.2 Å². The molecule has 1 heterocycles. The molecular weight excluding hydrogens is 312 g/mol. The lowest BCUT2D eigenvalue weighted by Gasteiger charge is -2.10. The Hall–Kier alpha value is -2.88. The summed E-state index contributed by atoms with van der Waals surface area (Å²) >= 11 is 0. The zero-order valence-electron chi connectivity index (χ0n) is 14.7. The van der Waals surface area contributed by atoms with Crippen LogP contribution in [0.4, 0.5) is 0 Å². The Morgan fingerprint density at radius 3 is 2.60 bits per heavy atom. The smallest absolute Gasteiger partial charge is 0.275 e. The Labute approximate surface area is 148 Å². The minimum Gasteiger partial charge on any atom is -0.496 e. The zero-order chi connectivity index (χ0) is 17.8. The summed E-state index contributed by atoms with van der Waals surface area (Å²) in [6, 6.07) is 16.0. The molecular formula is C21H22N2O2. The summed E-state index contributed by atoms with van der Waals surface area (Å²) in [6.07, 6.45) is 2.39. The van der Waals surface area contributed by atoms with Crippen molar-refractivity contribution in [2.24, 2.45) is 4.99 Å². The molecule has 1 amide bonds. The van der Waals surface area contributed by atoms with Crippen LogP contribution in [-0.4, -0.2) is 18.9 Å². The molecule has 0 unspecified atom stereocenters. The molecule has 4 nitrogen and oxygen atoms in total. The predicted octanol–water partition coefficient (Wildman–Crippen LogP) is 3.93. The van der Waals surface area contributed by atoms with Gasteiger partial charge in [0, 0.05) is 12.0 Å². The van der Waals surface area contributed by atoms with Crippen LogP contribution < -0.4 is 10.1 Å². The van der Waals surface area contributed by atoms with Crippen molar-refractivity contribution >= 4 is 17.8 Å². The molecule has 1 aliphatic rings. The molecule has 25 heavy (non-hydrogen) atoms. The van der Waals surface area contributed by atoms with Crippen LogP contribution in [0, 0.1) is 0 Å². The van der Waals surface area contributed by atoms with Crippen molar-refractivity contribution in [3.05, 3.63) is 70.9 Å². The standard InChI is InChI=1S/C21H22N2O2/c1-14(2)16-9-10-19(25-3)17(12-16)13-18-21(24)23-20(22-18)11-15-7-5-4-6-8-15/h4-10,12-14H,11H2,1-3H3,(H,22,23,24)/b18-13-. The molecule has 128 valence electrons. The van der Waals surface area contributed by atoms with Gasteiger partial charge in [-0.05, 0) is 35.3 Å². The SMILES string of the molecule is COc1ccc(C(C)C)cc1/C=C1\N=C(Cc2ccccc2)NC1=O. The molecule has 0 radical (unpaired) electrons. The number of hydrogen-bond donors (Lipinski definition) is 1. The highest BCUT2D eigenvalue weighted by Crippen LogP contribution is 2.27. The molecule has 0 aromatic heterocycles. The van der Waals surface area contributed by atoms with Crippen molar-refractivity contribution in [1.29, 1.82) is 0 Å². The molecule has 1 aliphatic heterocycles. The minimum atomic E-state index is -0.178. The van der Waals surface area contributed by atoms with Crippen LogP contribution >= 0.6 is 0 Å². The van der Waals surface area contributed by atoms with E-state index in [4.69, 9.17) is 4.74 Å². The van der Waals surface area contributed by atoms with E-state index in [0.717, 1.165) is 16.9 Å². The van der Waals surface area contributed by atoms with Crippen molar-refractivity contribution < 1.29 is 9.53 Å². The molecule has 3 rings (SSSR count). The average Bonchev–Trinajstić information content (AvgIpc) is 2.94. The van der Waals surface area contributed by atoms with E-state index in [0.29, 0.717) is 23.9 Å². The summed E-state index contributed by atoms with van der Waals surface area (Å²) in [6.45, 7) is 4.27. The van der Waals surface area contributed by atoms with E-state index in [1.807, 2.05) is 42.5 Å². The highest BCUT2D eigenvalue weighted by atomic mass is 16.5. The van der Waals surface area contributed by atoms with Crippen molar-refractivity contribution in [1.82, 2.24) is 5.32 Å². The van der Waals surface area contributed by atoms with E-state index in [-0.39, 0.29) is 5.91 Å². The molecule has 0 spiro atoms. The van der Waals surface area contributed by atoms with Gasteiger partial charge in [0.25, 0.3) is 5.91 Å². The first-order valence-electron chi connectivity index (χ1n) is 8.39. The molecule has 1 N–H and O–H groups in total. The molecule has 0 aliphatic carbocycles. The van der Waals surface area contributed by atoms with Gasteiger partial charge < -0.3 is 10.1 Å². The van der Waals surface area contributed by atoms with Crippen molar-refractivity contribution in [2.75, 3.05) is 7.11 Å². The highest BCUT2D eigenvalue weighted by molar-refractivity contribution is 6.14. The van der Waals surface area contributed by atoms with E-state index in [1.54, 1.807) is 13.2 Å². The second kappa shape index (κ2) is 7.34. The lowest BCUT2D eigenvalue weighted by molar-refractivity contribution is -0.115. The van der Waals surface area contributed by atoms with Gasteiger partial charge in [-0.1, -0.05) is 50.2 Å². The van der Waals surface area contributed by atoms with Gasteiger partial charge in [-0.2, -0.15) is 0 Å². The fraction of sp³-hybridized carbons (Fsp3) is 0.238. The molecule has 2 aromatic rings. The first-order chi connectivity index (χ1) is 12.1. The number of aliphatic imine (C=N–C) groups is 1. The molecule has 0 saturated heterocycles. The van der Waals surface area contributed by atoms with Crippen LogP contribution in [0.25, 0.3) is 6.08 Å². The van der Waals surface area contributed by atoms with E-state index < -0.39 is 0 Å². The Bertz CT molecular complexity index is 836. The summed E-state index contributed by atoms with van der Waals surface area (Å²) in [7, 11) is 1.63. The summed E-state index contributed by atoms with van der Waals surface area (Å²) in [4.78, 5) is 16.7. The van der Waals surface area contributed by atoms with E-state index >= 15 is 0 Å². The maximum atomic E-state index is 12.3. The first kappa shape index (κ1) is 17.0. The van der Waals surface area contributed by atoms with Crippen LogP contribution in [0.1, 0.15) is 36.5 Å². The molecule has 0 bridgehead atoms. The summed E-state index contributed by atoms with van der Waals surface area (Å²) in [5.74, 6) is 1.62. The maximum absolute atomic E-state index is 12.3. The fourth-order valence-corrected chi connectivity index (χ4v) is 2.76. The van der Waals surface area contributed by atoms with Gasteiger partial charge in [0.1, 0.15) is 17.3 Å². The van der Waals surface area contributed by atoms with E-state index in [1.165, 1.54) is 5.56 Å². The molecule has 2 aromatic carbocycles. The van der Waals surface area contributed by atoms with Gasteiger partial charge in [-0.3, -0.25) is 4.79 Å². The average molecular weight is 334 g/mol. The number of methoxy groups -OCH3 is 1. The largest absolute Gasteiger partial charge is 0.496 e. The second-order valence-corrected chi connectivity index (χ2v) is 6.36. The third-order valence-corrected chi connectivity index (χ3v) is 4.17. The van der Waals surface area contributed by atoms with E-state index in [9.17, 15) is 4.79 Å². The van der Waals surface area contributed by atoms with Gasteiger partial charge in [0.2, 0.25) is 0 Å². The van der Waals surface area contributed by atoms with Crippen LogP contribution in [0.2, 0.25) is 0 Å². The number of amides is 1. The third-order valence-electron chi connectivity index (χ3n) is 4.17. The van der Waals surface area contributed by atoms with E-state index in [2.05, 4.69) is 30.2 Å². The third kappa shape index (κ3) is 3.97. The topological polar surface area (TPSA) is 50.7 Å². The Morgan fingerprint density at radius 1 is 1.16 bits per heavy atom. The number of nitrogens with zero attached hydrogens (tertiary/aromatic N) is 1. The highest BCUT2D eigenvalue weighted by Gasteiger charge is 2.20. The normalized spacial score (nSPS) is 15.4. The lowest BCUT2D eigenvalue weighted by atomic mass is 10.00.